The highest BCUT2D eigenvalue weighted by atomic mass is 16.5. The Bertz CT molecular complexity index is 384. The van der Waals surface area contributed by atoms with Crippen molar-refractivity contribution in [2.24, 2.45) is 0 Å². The molecule has 1 atom stereocenters. The molecule has 0 heterocycles. The van der Waals surface area contributed by atoms with E-state index < -0.39 is 0 Å². The largest absolute Gasteiger partial charge is 0.381 e. The number of methoxy groups -OCH3 is 1. The minimum Gasteiger partial charge on any atom is -0.381 e. The number of Topliss-reactive ketones (excluding diaryl/α,β-unsaturated/α-hetero) is 2. The van der Waals surface area contributed by atoms with E-state index in [1.807, 2.05) is 30.3 Å². The van der Waals surface area contributed by atoms with Gasteiger partial charge < -0.3 is 4.74 Å². The number of ketones is 2. The van der Waals surface area contributed by atoms with E-state index in [1.165, 1.54) is 0 Å². The molecule has 1 unspecified atom stereocenters. The van der Waals surface area contributed by atoms with Crippen molar-refractivity contribution in [1.82, 2.24) is 0 Å². The number of hydrogen-bond donors (Lipinski definition) is 0. The standard InChI is InChI=1S/C15H20O3.2CH4/c1-12(16)11-14(18-2)9-6-10-15(17)13-7-4-3-5-8-13;;/h3-5,7-8,14H,6,9-11H2,1-2H3;2*1H4. The first-order valence-corrected chi connectivity index (χ1v) is 6.24. The highest BCUT2D eigenvalue weighted by molar-refractivity contribution is 5.95. The quantitative estimate of drug-likeness (QED) is 0.667. The third kappa shape index (κ3) is 7.85. The van der Waals surface area contributed by atoms with Gasteiger partial charge in [-0.2, -0.15) is 0 Å². The first-order valence-electron chi connectivity index (χ1n) is 6.24. The number of benzene rings is 1. The van der Waals surface area contributed by atoms with Crippen LogP contribution in [0.25, 0.3) is 0 Å². The Morgan fingerprint density at radius 3 is 2.25 bits per heavy atom. The predicted octanol–water partition coefficient (Wildman–Crippen LogP) is 4.31. The second-order valence-electron chi connectivity index (χ2n) is 4.45. The Labute approximate surface area is 123 Å². The van der Waals surface area contributed by atoms with E-state index in [9.17, 15) is 9.59 Å². The van der Waals surface area contributed by atoms with Crippen molar-refractivity contribution in [1.29, 1.82) is 0 Å². The van der Waals surface area contributed by atoms with Gasteiger partial charge >= 0.3 is 0 Å². The van der Waals surface area contributed by atoms with Crippen LogP contribution in [-0.2, 0) is 9.53 Å². The molecule has 0 aliphatic heterocycles. The fourth-order valence-corrected chi connectivity index (χ4v) is 1.88. The minimum absolute atomic E-state index is 0. The molecule has 0 fully saturated rings. The summed E-state index contributed by atoms with van der Waals surface area (Å²) < 4.78 is 5.22. The summed E-state index contributed by atoms with van der Waals surface area (Å²) in [7, 11) is 1.60. The lowest BCUT2D eigenvalue weighted by atomic mass is 10.0. The van der Waals surface area contributed by atoms with Gasteiger partial charge in [0, 0.05) is 25.5 Å². The summed E-state index contributed by atoms with van der Waals surface area (Å²) in [5.74, 6) is 0.268. The molecule has 114 valence electrons. The Kier molecular flexibility index (Phi) is 11.8. The summed E-state index contributed by atoms with van der Waals surface area (Å²) >= 11 is 0. The molecular formula is C17H28O3. The topological polar surface area (TPSA) is 43.4 Å². The average molecular weight is 280 g/mol. The van der Waals surface area contributed by atoms with E-state index >= 15 is 0 Å². The summed E-state index contributed by atoms with van der Waals surface area (Å²) in [5.41, 5.74) is 0.748. The average Bonchev–Trinajstić information content (AvgIpc) is 2.38. The molecule has 0 aliphatic carbocycles. The number of rotatable bonds is 8. The predicted molar refractivity (Wildman–Crippen MR) is 84.2 cm³/mol. The molecule has 3 nitrogen and oxygen atoms in total. The smallest absolute Gasteiger partial charge is 0.162 e. The second kappa shape index (κ2) is 11.4. The summed E-state index contributed by atoms with van der Waals surface area (Å²) in [6.07, 6.45) is 2.36. The van der Waals surface area contributed by atoms with Crippen molar-refractivity contribution < 1.29 is 14.3 Å². The molecule has 20 heavy (non-hydrogen) atoms. The Balaban J connectivity index is 0. The number of carbonyl (C=O) groups excluding carboxylic acids is 2. The second-order valence-corrected chi connectivity index (χ2v) is 4.45. The zero-order chi connectivity index (χ0) is 13.4. The summed E-state index contributed by atoms with van der Waals surface area (Å²) in [4.78, 5) is 22.8. The lowest BCUT2D eigenvalue weighted by Gasteiger charge is -2.12. The zero-order valence-corrected chi connectivity index (χ0v) is 11.0. The summed E-state index contributed by atoms with van der Waals surface area (Å²) in [5, 5.41) is 0. The van der Waals surface area contributed by atoms with Crippen LogP contribution < -0.4 is 0 Å². The SMILES string of the molecule is C.C.COC(CCCC(=O)c1ccccc1)CC(C)=O. The van der Waals surface area contributed by atoms with E-state index in [1.54, 1.807) is 14.0 Å². The van der Waals surface area contributed by atoms with Gasteiger partial charge in [-0.05, 0) is 19.8 Å². The Hall–Kier alpha value is -1.48. The van der Waals surface area contributed by atoms with E-state index in [0.717, 1.165) is 18.4 Å². The molecule has 1 aromatic carbocycles. The normalized spacial score (nSPS) is 10.9. The third-order valence-electron chi connectivity index (χ3n) is 2.87. The molecule has 0 spiro atoms. The van der Waals surface area contributed by atoms with Crippen molar-refractivity contribution in [3.8, 4) is 0 Å². The van der Waals surface area contributed by atoms with Crippen LogP contribution in [0, 0.1) is 0 Å². The summed E-state index contributed by atoms with van der Waals surface area (Å²) in [6.45, 7) is 1.56. The van der Waals surface area contributed by atoms with Crippen LogP contribution >= 0.6 is 0 Å². The maximum absolute atomic E-state index is 11.8. The van der Waals surface area contributed by atoms with Crippen LogP contribution in [0.1, 0.15) is 57.8 Å². The van der Waals surface area contributed by atoms with Gasteiger partial charge in [0.1, 0.15) is 5.78 Å². The molecule has 1 rings (SSSR count). The Morgan fingerprint density at radius 1 is 1.15 bits per heavy atom. The highest BCUT2D eigenvalue weighted by Crippen LogP contribution is 2.11. The first-order chi connectivity index (χ1) is 8.63. The van der Waals surface area contributed by atoms with Crippen LogP contribution in [0.15, 0.2) is 30.3 Å². The molecule has 0 saturated heterocycles. The highest BCUT2D eigenvalue weighted by Gasteiger charge is 2.11. The van der Waals surface area contributed by atoms with Gasteiger partial charge in [-0.15, -0.1) is 0 Å². The first kappa shape index (κ1) is 20.8. The van der Waals surface area contributed by atoms with E-state index in [-0.39, 0.29) is 32.5 Å². The van der Waals surface area contributed by atoms with E-state index in [4.69, 9.17) is 4.74 Å². The van der Waals surface area contributed by atoms with Gasteiger partial charge in [0.05, 0.1) is 6.10 Å². The zero-order valence-electron chi connectivity index (χ0n) is 11.0. The fourth-order valence-electron chi connectivity index (χ4n) is 1.88. The number of carbonyl (C=O) groups is 2. The molecule has 1 aromatic rings. The molecule has 0 aromatic heterocycles. The van der Waals surface area contributed by atoms with Gasteiger partial charge in [-0.3, -0.25) is 9.59 Å². The lowest BCUT2D eigenvalue weighted by molar-refractivity contribution is -0.119. The maximum Gasteiger partial charge on any atom is 0.162 e. The van der Waals surface area contributed by atoms with Crippen molar-refractivity contribution in [2.75, 3.05) is 7.11 Å². The van der Waals surface area contributed by atoms with Crippen LogP contribution in [-0.4, -0.2) is 24.8 Å². The van der Waals surface area contributed by atoms with E-state index in [0.29, 0.717) is 12.8 Å². The van der Waals surface area contributed by atoms with Crippen molar-refractivity contribution in [2.45, 2.75) is 53.6 Å². The molecule has 3 heteroatoms. The monoisotopic (exact) mass is 280 g/mol. The van der Waals surface area contributed by atoms with Gasteiger partial charge in [0.2, 0.25) is 0 Å². The van der Waals surface area contributed by atoms with Gasteiger partial charge in [-0.25, -0.2) is 0 Å². The molecule has 0 amide bonds. The third-order valence-corrected chi connectivity index (χ3v) is 2.87. The summed E-state index contributed by atoms with van der Waals surface area (Å²) in [6, 6.07) is 9.27. The van der Waals surface area contributed by atoms with Gasteiger partial charge in [0.25, 0.3) is 0 Å². The van der Waals surface area contributed by atoms with Crippen molar-refractivity contribution in [3.63, 3.8) is 0 Å². The molecule has 0 N–H and O–H groups in total. The lowest BCUT2D eigenvalue weighted by Crippen LogP contribution is -2.15. The van der Waals surface area contributed by atoms with E-state index in [2.05, 4.69) is 0 Å². The van der Waals surface area contributed by atoms with Crippen LogP contribution in [0.4, 0.5) is 0 Å². The number of ether oxygens (including phenoxy) is 1. The minimum atomic E-state index is -0.0638. The van der Waals surface area contributed by atoms with Gasteiger partial charge in [-0.1, -0.05) is 45.2 Å². The molecule has 0 bridgehead atoms. The Morgan fingerprint density at radius 2 is 1.75 bits per heavy atom. The number of hydrogen-bond acceptors (Lipinski definition) is 3. The fraction of sp³-hybridized carbons (Fsp3) is 0.529. The van der Waals surface area contributed by atoms with Crippen molar-refractivity contribution in [3.05, 3.63) is 35.9 Å². The van der Waals surface area contributed by atoms with Crippen LogP contribution in [0.2, 0.25) is 0 Å². The molecule has 0 radical (unpaired) electrons. The van der Waals surface area contributed by atoms with Crippen molar-refractivity contribution >= 4 is 11.6 Å². The molecule has 0 aliphatic rings. The maximum atomic E-state index is 11.8. The van der Waals surface area contributed by atoms with Crippen LogP contribution in [0.5, 0.6) is 0 Å². The van der Waals surface area contributed by atoms with Crippen LogP contribution in [0.3, 0.4) is 0 Å². The van der Waals surface area contributed by atoms with Gasteiger partial charge in [0.15, 0.2) is 5.78 Å². The molecule has 0 saturated carbocycles. The molecular weight excluding hydrogens is 252 g/mol.